The van der Waals surface area contributed by atoms with Gasteiger partial charge in [-0.25, -0.2) is 0 Å². The van der Waals surface area contributed by atoms with Gasteiger partial charge in [0.05, 0.1) is 38.3 Å². The van der Waals surface area contributed by atoms with E-state index in [1.165, 1.54) is 57.2 Å². The first-order valence-electron chi connectivity index (χ1n) is 16.0. The van der Waals surface area contributed by atoms with Crippen LogP contribution in [0.5, 0.6) is 0 Å². The van der Waals surface area contributed by atoms with Gasteiger partial charge in [0.25, 0.3) is 0 Å². The van der Waals surface area contributed by atoms with Crippen LogP contribution in [-0.4, -0.2) is 79.8 Å². The fraction of sp³-hybridized carbons (Fsp3) is 0.871. The van der Waals surface area contributed by atoms with Crippen LogP contribution in [0.3, 0.4) is 0 Å². The molecule has 0 bridgehead atoms. The molecule has 7 nitrogen and oxygen atoms in total. The van der Waals surface area contributed by atoms with Gasteiger partial charge in [0.15, 0.2) is 0 Å². The summed E-state index contributed by atoms with van der Waals surface area (Å²) in [4.78, 5) is 30.9. The van der Waals surface area contributed by atoms with Crippen LogP contribution >= 0.6 is 0 Å². The van der Waals surface area contributed by atoms with Crippen LogP contribution in [0.15, 0.2) is 12.2 Å². The van der Waals surface area contributed by atoms with Crippen molar-refractivity contribution < 1.29 is 24.5 Å². The van der Waals surface area contributed by atoms with Crippen molar-refractivity contribution in [3.05, 3.63) is 12.2 Å². The molecule has 0 aromatic rings. The average molecular weight is 529 g/mol. The SMILES string of the molecule is C=C(C)CC1C(OCC(=O)NCC2CCC[NH+]2CC)CCC2C1C1CC[NH2+]C3C4CCCCC4C(=O)N2C13. The summed E-state index contributed by atoms with van der Waals surface area (Å²) in [7, 11) is 0. The number of amides is 2. The van der Waals surface area contributed by atoms with Gasteiger partial charge in [-0.2, -0.15) is 0 Å². The third kappa shape index (κ3) is 4.75. The number of hydrogen-bond acceptors (Lipinski definition) is 3. The lowest BCUT2D eigenvalue weighted by molar-refractivity contribution is -0.909. The van der Waals surface area contributed by atoms with E-state index in [9.17, 15) is 9.59 Å². The van der Waals surface area contributed by atoms with E-state index in [1.54, 1.807) is 4.90 Å². The second-order valence-corrected chi connectivity index (χ2v) is 13.6. The molecule has 38 heavy (non-hydrogen) atoms. The van der Waals surface area contributed by atoms with Gasteiger partial charge in [-0.3, -0.25) is 9.59 Å². The number of nitrogens with one attached hydrogen (secondary N) is 2. The number of likely N-dealkylation sites (N-methyl/N-ethyl adjacent to an activating group) is 1. The molecule has 212 valence electrons. The number of carbonyl (C=O) groups excluding carboxylic acids is 2. The summed E-state index contributed by atoms with van der Waals surface area (Å²) in [6, 6.07) is 1.87. The fourth-order valence-corrected chi connectivity index (χ4v) is 10.2. The zero-order chi connectivity index (χ0) is 26.4. The Labute approximate surface area is 229 Å². The van der Waals surface area contributed by atoms with Gasteiger partial charge in [0.2, 0.25) is 11.8 Å². The van der Waals surface area contributed by atoms with Crippen LogP contribution in [0, 0.1) is 29.6 Å². The van der Waals surface area contributed by atoms with E-state index in [2.05, 4.69) is 36.0 Å². The largest absolute Gasteiger partial charge is 0.368 e. The van der Waals surface area contributed by atoms with E-state index in [-0.39, 0.29) is 24.5 Å². The third-order valence-electron chi connectivity index (χ3n) is 11.6. The molecule has 2 amide bonds. The predicted octanol–water partition coefficient (Wildman–Crippen LogP) is 0.899. The molecule has 0 radical (unpaired) electrons. The van der Waals surface area contributed by atoms with Crippen molar-refractivity contribution in [2.75, 3.05) is 32.8 Å². The molecule has 0 aromatic carbocycles. The first kappa shape index (κ1) is 26.8. The average Bonchev–Trinajstić information content (AvgIpc) is 3.52. The number of likely N-dealkylation sites (tertiary alicyclic amines) is 1. The van der Waals surface area contributed by atoms with E-state index < -0.39 is 0 Å². The number of hydrogen-bond donors (Lipinski definition) is 3. The number of piperidine rings is 2. The molecule has 0 aromatic heterocycles. The minimum atomic E-state index is 0.0268. The maximum absolute atomic E-state index is 14.0. The molecule has 4 aliphatic heterocycles. The Morgan fingerprint density at radius 2 is 1.97 bits per heavy atom. The lowest BCUT2D eigenvalue weighted by atomic mass is 9.63. The Morgan fingerprint density at radius 1 is 1.13 bits per heavy atom. The topological polar surface area (TPSA) is 79.7 Å². The first-order valence-corrected chi connectivity index (χ1v) is 16.0. The highest BCUT2D eigenvalue weighted by atomic mass is 16.5. The number of fused-ring (bicyclic) bond motifs is 5. The first-order chi connectivity index (χ1) is 18.5. The molecule has 7 heteroatoms. The van der Waals surface area contributed by atoms with E-state index in [1.807, 2.05) is 0 Å². The van der Waals surface area contributed by atoms with Crippen LogP contribution in [0.25, 0.3) is 0 Å². The molecule has 11 atom stereocenters. The second kappa shape index (κ2) is 11.2. The summed E-state index contributed by atoms with van der Waals surface area (Å²) < 4.78 is 6.48. The third-order valence-corrected chi connectivity index (χ3v) is 11.6. The minimum absolute atomic E-state index is 0.0268. The number of allylic oxidation sites excluding steroid dienone is 1. The highest BCUT2D eigenvalue weighted by Crippen LogP contribution is 2.55. The van der Waals surface area contributed by atoms with Gasteiger partial charge in [-0.15, -0.1) is 6.58 Å². The number of nitrogens with two attached hydrogens (primary N) is 1. The highest BCUT2D eigenvalue weighted by molar-refractivity contribution is 5.82. The molecular formula is C31H52N4O3+2. The Balaban J connectivity index is 1.16. The van der Waals surface area contributed by atoms with Gasteiger partial charge in [0, 0.05) is 37.1 Å². The lowest BCUT2D eigenvalue weighted by Crippen LogP contribution is -3.14. The maximum atomic E-state index is 14.0. The van der Waals surface area contributed by atoms with Gasteiger partial charge in [-0.05, 0) is 63.7 Å². The summed E-state index contributed by atoms with van der Waals surface area (Å²) in [6.45, 7) is 13.1. The van der Waals surface area contributed by atoms with E-state index in [0.717, 1.165) is 38.8 Å². The van der Waals surface area contributed by atoms with Crippen LogP contribution in [0.2, 0.25) is 0 Å². The van der Waals surface area contributed by atoms with Crippen molar-refractivity contribution >= 4 is 11.8 Å². The Bertz CT molecular complexity index is 910. The Morgan fingerprint density at radius 3 is 2.79 bits per heavy atom. The normalized spacial score (nSPS) is 43.8. The number of carbonyl (C=O) groups is 2. The highest BCUT2D eigenvalue weighted by Gasteiger charge is 2.65. The standard InChI is InChI=1S/C31H50N4O3/c1-4-34-15-7-8-20(34)17-33-27(36)18-38-26-12-11-25-28(24(26)16-19(2)3)23-13-14-32-29-21-9-5-6-10-22(21)31(37)35(25)30(23)29/h20-26,28-30,32H,2,4-18H2,1,3H3,(H,33,36)/p+2. The van der Waals surface area contributed by atoms with E-state index in [0.29, 0.717) is 53.7 Å². The molecule has 6 rings (SSSR count). The lowest BCUT2D eigenvalue weighted by Gasteiger charge is -2.50. The van der Waals surface area contributed by atoms with Crippen LogP contribution < -0.4 is 15.5 Å². The zero-order valence-corrected chi connectivity index (χ0v) is 23.8. The summed E-state index contributed by atoms with van der Waals surface area (Å²) in [5.41, 5.74) is 1.20. The summed E-state index contributed by atoms with van der Waals surface area (Å²) in [6.07, 6.45) is 11.5. The molecular weight excluding hydrogens is 476 g/mol. The molecule has 4 heterocycles. The minimum Gasteiger partial charge on any atom is -0.368 e. The van der Waals surface area contributed by atoms with E-state index in [4.69, 9.17) is 4.74 Å². The van der Waals surface area contributed by atoms with Gasteiger partial charge < -0.3 is 25.2 Å². The molecule has 11 unspecified atom stereocenters. The monoisotopic (exact) mass is 528 g/mol. The molecule has 6 fully saturated rings. The number of ether oxygens (including phenoxy) is 1. The van der Waals surface area contributed by atoms with Crippen LogP contribution in [0.1, 0.15) is 78.1 Å². The quantitative estimate of drug-likeness (QED) is 0.410. The summed E-state index contributed by atoms with van der Waals surface area (Å²) in [5, 5.41) is 5.79. The van der Waals surface area contributed by atoms with Crippen molar-refractivity contribution in [3.8, 4) is 0 Å². The predicted molar refractivity (Wildman–Crippen MR) is 146 cm³/mol. The number of nitrogens with zero attached hydrogens (tertiary/aromatic N) is 1. The molecule has 6 aliphatic rings. The Hall–Kier alpha value is -1.44. The van der Waals surface area contributed by atoms with Crippen LogP contribution in [-0.2, 0) is 14.3 Å². The smallest absolute Gasteiger partial charge is 0.246 e. The maximum Gasteiger partial charge on any atom is 0.246 e. The van der Waals surface area contributed by atoms with Crippen molar-refractivity contribution in [3.63, 3.8) is 0 Å². The van der Waals surface area contributed by atoms with Gasteiger partial charge in [-0.1, -0.05) is 18.4 Å². The molecule has 0 spiro atoms. The van der Waals surface area contributed by atoms with Crippen LogP contribution in [0.4, 0.5) is 0 Å². The second-order valence-electron chi connectivity index (χ2n) is 13.6. The van der Waals surface area contributed by atoms with E-state index >= 15 is 0 Å². The fourth-order valence-electron chi connectivity index (χ4n) is 10.2. The van der Waals surface area contributed by atoms with Gasteiger partial charge in [0.1, 0.15) is 18.7 Å². The summed E-state index contributed by atoms with van der Waals surface area (Å²) in [5.74, 6) is 2.71. The number of rotatable bonds is 8. The molecule has 2 aliphatic carbocycles. The van der Waals surface area contributed by atoms with Crippen molar-refractivity contribution in [1.82, 2.24) is 10.2 Å². The van der Waals surface area contributed by atoms with Crippen molar-refractivity contribution in [2.45, 2.75) is 108 Å². The molecule has 4 N–H and O–H groups in total. The molecule has 4 saturated heterocycles. The molecule has 2 saturated carbocycles. The van der Waals surface area contributed by atoms with Crippen molar-refractivity contribution in [1.29, 1.82) is 0 Å². The van der Waals surface area contributed by atoms with Crippen molar-refractivity contribution in [2.24, 2.45) is 29.6 Å². The zero-order valence-electron chi connectivity index (χ0n) is 23.8. The Kier molecular flexibility index (Phi) is 7.89. The summed E-state index contributed by atoms with van der Waals surface area (Å²) >= 11 is 0. The number of quaternary nitrogens is 2. The van der Waals surface area contributed by atoms with Gasteiger partial charge >= 0.3 is 0 Å².